The Balaban J connectivity index is 3.77. The Morgan fingerprint density at radius 1 is 1.20 bits per heavy atom. The van der Waals surface area contributed by atoms with Gasteiger partial charge >= 0.3 is 5.97 Å². The van der Waals surface area contributed by atoms with Crippen molar-refractivity contribution in [2.75, 3.05) is 6.61 Å². The second-order valence-electron chi connectivity index (χ2n) is 6.15. The van der Waals surface area contributed by atoms with Crippen molar-refractivity contribution in [3.8, 4) is 0 Å². The summed E-state index contributed by atoms with van der Waals surface area (Å²) in [4.78, 5) is 11.4. The van der Waals surface area contributed by atoms with Gasteiger partial charge in [-0.1, -0.05) is 41.5 Å². The van der Waals surface area contributed by atoms with Crippen LogP contribution in [0.2, 0.25) is 0 Å². The summed E-state index contributed by atoms with van der Waals surface area (Å²) in [6.45, 7) is 13.3. The molecule has 15 heavy (non-hydrogen) atoms. The van der Waals surface area contributed by atoms with Crippen LogP contribution < -0.4 is 0 Å². The van der Waals surface area contributed by atoms with E-state index in [1.165, 1.54) is 0 Å². The van der Waals surface area contributed by atoms with Crippen molar-refractivity contribution in [3.05, 3.63) is 0 Å². The van der Waals surface area contributed by atoms with Gasteiger partial charge in [0.05, 0.1) is 6.61 Å². The maximum atomic E-state index is 11.4. The van der Waals surface area contributed by atoms with Crippen LogP contribution >= 0.6 is 0 Å². The van der Waals surface area contributed by atoms with Crippen LogP contribution in [0, 0.1) is 17.3 Å². The van der Waals surface area contributed by atoms with E-state index in [1.54, 1.807) is 0 Å². The maximum absolute atomic E-state index is 11.4. The first-order valence-corrected chi connectivity index (χ1v) is 5.86. The van der Waals surface area contributed by atoms with E-state index in [1.807, 2.05) is 13.8 Å². The zero-order valence-electron chi connectivity index (χ0n) is 11.1. The highest BCUT2D eigenvalue weighted by molar-refractivity contribution is 5.69. The molecule has 0 bridgehead atoms. The minimum Gasteiger partial charge on any atom is -0.465 e. The van der Waals surface area contributed by atoms with Gasteiger partial charge in [-0.2, -0.15) is 0 Å². The summed E-state index contributed by atoms with van der Waals surface area (Å²) in [5.41, 5.74) is 0.289. The van der Waals surface area contributed by atoms with E-state index in [-0.39, 0.29) is 11.4 Å². The third-order valence-corrected chi connectivity index (χ3v) is 2.05. The number of carbonyl (C=O) groups is 1. The Bertz CT molecular complexity index is 189. The highest BCUT2D eigenvalue weighted by Gasteiger charge is 2.18. The van der Waals surface area contributed by atoms with Crippen molar-refractivity contribution in [3.63, 3.8) is 0 Å². The van der Waals surface area contributed by atoms with Gasteiger partial charge in [0.25, 0.3) is 0 Å². The molecular weight excluding hydrogens is 188 g/mol. The van der Waals surface area contributed by atoms with E-state index in [2.05, 4.69) is 27.7 Å². The molecule has 0 amide bonds. The van der Waals surface area contributed by atoms with Gasteiger partial charge in [-0.3, -0.25) is 4.79 Å². The molecule has 0 aliphatic rings. The minimum atomic E-state index is -0.0551. The van der Waals surface area contributed by atoms with E-state index in [0.29, 0.717) is 24.9 Å². The molecule has 0 aromatic carbocycles. The van der Waals surface area contributed by atoms with Crippen molar-refractivity contribution in [1.29, 1.82) is 0 Å². The molecule has 2 nitrogen and oxygen atoms in total. The smallest absolute Gasteiger partial charge is 0.306 e. The van der Waals surface area contributed by atoms with E-state index in [4.69, 9.17) is 4.74 Å². The molecule has 0 spiro atoms. The van der Waals surface area contributed by atoms with Crippen LogP contribution in [0.15, 0.2) is 0 Å². The second-order valence-corrected chi connectivity index (χ2v) is 6.15. The first kappa shape index (κ1) is 14.5. The lowest BCUT2D eigenvalue weighted by Crippen LogP contribution is -2.17. The van der Waals surface area contributed by atoms with Crippen LogP contribution in [0.3, 0.4) is 0 Å². The number of esters is 1. The average molecular weight is 214 g/mol. The first-order valence-electron chi connectivity index (χ1n) is 5.86. The van der Waals surface area contributed by atoms with Crippen molar-refractivity contribution >= 4 is 5.97 Å². The van der Waals surface area contributed by atoms with Gasteiger partial charge in [-0.05, 0) is 23.7 Å². The van der Waals surface area contributed by atoms with Crippen molar-refractivity contribution in [2.45, 2.75) is 54.4 Å². The lowest BCUT2D eigenvalue weighted by atomic mass is 9.84. The molecule has 0 aromatic heterocycles. The summed E-state index contributed by atoms with van der Waals surface area (Å²) >= 11 is 0. The largest absolute Gasteiger partial charge is 0.465 e. The summed E-state index contributed by atoms with van der Waals surface area (Å²) in [6.07, 6.45) is 1.60. The summed E-state index contributed by atoms with van der Waals surface area (Å²) in [5.74, 6) is 0.775. The topological polar surface area (TPSA) is 26.3 Å². The molecule has 1 unspecified atom stereocenters. The number of rotatable bonds is 5. The molecule has 0 fully saturated rings. The SMILES string of the molecule is CC(C)COC(=O)CC(C)CC(C)(C)C. The third-order valence-electron chi connectivity index (χ3n) is 2.05. The molecule has 0 rings (SSSR count). The van der Waals surface area contributed by atoms with Crippen molar-refractivity contribution in [1.82, 2.24) is 0 Å². The minimum absolute atomic E-state index is 0.0551. The van der Waals surface area contributed by atoms with Crippen molar-refractivity contribution < 1.29 is 9.53 Å². The molecule has 0 saturated carbocycles. The van der Waals surface area contributed by atoms with Gasteiger partial charge in [0.1, 0.15) is 0 Å². The number of ether oxygens (including phenoxy) is 1. The van der Waals surface area contributed by atoms with Crippen LogP contribution in [0.25, 0.3) is 0 Å². The normalized spacial score (nSPS) is 14.1. The van der Waals surface area contributed by atoms with Gasteiger partial charge in [0, 0.05) is 6.42 Å². The van der Waals surface area contributed by atoms with E-state index < -0.39 is 0 Å². The summed E-state index contributed by atoms with van der Waals surface area (Å²) in [5, 5.41) is 0. The first-order chi connectivity index (χ1) is 6.70. The molecule has 0 radical (unpaired) electrons. The Morgan fingerprint density at radius 3 is 2.13 bits per heavy atom. The Labute approximate surface area is 94.4 Å². The summed E-state index contributed by atoms with van der Waals surface area (Å²) < 4.78 is 5.15. The van der Waals surface area contributed by atoms with Crippen molar-refractivity contribution in [2.24, 2.45) is 17.3 Å². The zero-order valence-corrected chi connectivity index (χ0v) is 11.1. The molecule has 90 valence electrons. The van der Waals surface area contributed by atoms with Crippen LogP contribution in [-0.4, -0.2) is 12.6 Å². The van der Waals surface area contributed by atoms with Gasteiger partial charge in [0.15, 0.2) is 0 Å². The molecule has 0 N–H and O–H groups in total. The number of carbonyl (C=O) groups excluding carboxylic acids is 1. The predicted octanol–water partition coefficient (Wildman–Crippen LogP) is 3.65. The summed E-state index contributed by atoms with van der Waals surface area (Å²) in [6, 6.07) is 0. The zero-order chi connectivity index (χ0) is 12.1. The fourth-order valence-corrected chi connectivity index (χ4v) is 1.72. The fourth-order valence-electron chi connectivity index (χ4n) is 1.72. The van der Waals surface area contributed by atoms with E-state index in [9.17, 15) is 4.79 Å². The molecule has 1 atom stereocenters. The quantitative estimate of drug-likeness (QED) is 0.653. The van der Waals surface area contributed by atoms with Gasteiger partial charge < -0.3 is 4.74 Å². The van der Waals surface area contributed by atoms with Gasteiger partial charge in [-0.25, -0.2) is 0 Å². The fraction of sp³-hybridized carbons (Fsp3) is 0.923. The Hall–Kier alpha value is -0.530. The lowest BCUT2D eigenvalue weighted by Gasteiger charge is -2.22. The monoisotopic (exact) mass is 214 g/mol. The Morgan fingerprint density at radius 2 is 1.73 bits per heavy atom. The standard InChI is InChI=1S/C13H26O2/c1-10(2)9-15-12(14)7-11(3)8-13(4,5)6/h10-11H,7-9H2,1-6H3. The predicted molar refractivity (Wildman–Crippen MR) is 63.7 cm³/mol. The van der Waals surface area contributed by atoms with Gasteiger partial charge in [0.2, 0.25) is 0 Å². The molecule has 0 aromatic rings. The highest BCUT2D eigenvalue weighted by atomic mass is 16.5. The molecular formula is C13H26O2. The van der Waals surface area contributed by atoms with Crippen LogP contribution in [0.4, 0.5) is 0 Å². The van der Waals surface area contributed by atoms with Crippen LogP contribution in [-0.2, 0) is 9.53 Å². The maximum Gasteiger partial charge on any atom is 0.306 e. The third kappa shape index (κ3) is 9.77. The average Bonchev–Trinajstić information content (AvgIpc) is 1.96. The number of hydrogen-bond donors (Lipinski definition) is 0. The number of hydrogen-bond acceptors (Lipinski definition) is 2. The van der Waals surface area contributed by atoms with E-state index >= 15 is 0 Å². The summed E-state index contributed by atoms with van der Waals surface area (Å²) in [7, 11) is 0. The van der Waals surface area contributed by atoms with Crippen LogP contribution in [0.1, 0.15) is 54.4 Å². The molecule has 0 saturated heterocycles. The Kier molecular flexibility index (Phi) is 5.92. The molecule has 0 aliphatic heterocycles. The second kappa shape index (κ2) is 6.14. The lowest BCUT2D eigenvalue weighted by molar-refractivity contribution is -0.145. The molecule has 0 aliphatic carbocycles. The van der Waals surface area contributed by atoms with Crippen LogP contribution in [0.5, 0.6) is 0 Å². The van der Waals surface area contributed by atoms with E-state index in [0.717, 1.165) is 6.42 Å². The molecule has 0 heterocycles. The van der Waals surface area contributed by atoms with Gasteiger partial charge in [-0.15, -0.1) is 0 Å². The highest BCUT2D eigenvalue weighted by Crippen LogP contribution is 2.26. The molecule has 2 heteroatoms.